The summed E-state index contributed by atoms with van der Waals surface area (Å²) in [6.07, 6.45) is 0. The van der Waals surface area contributed by atoms with Crippen molar-refractivity contribution in [3.63, 3.8) is 0 Å². The van der Waals surface area contributed by atoms with Crippen molar-refractivity contribution < 1.29 is 14.6 Å². The number of ether oxygens (including phenoxy) is 1. The highest BCUT2D eigenvalue weighted by molar-refractivity contribution is 6.11. The average molecular weight is 306 g/mol. The molecule has 5 heteroatoms. The van der Waals surface area contributed by atoms with E-state index in [9.17, 15) is 9.90 Å². The number of carbonyl (C=O) groups excluding carboxylic acids is 1. The summed E-state index contributed by atoms with van der Waals surface area (Å²) in [4.78, 5) is 18.9. The van der Waals surface area contributed by atoms with Crippen molar-refractivity contribution in [1.29, 1.82) is 0 Å². The Bertz CT molecular complexity index is 1040. The molecule has 23 heavy (non-hydrogen) atoms. The maximum Gasteiger partial charge on any atom is 0.225 e. The van der Waals surface area contributed by atoms with Gasteiger partial charge in [0.2, 0.25) is 5.78 Å². The summed E-state index contributed by atoms with van der Waals surface area (Å²) in [5.41, 5.74) is 2.64. The van der Waals surface area contributed by atoms with Crippen LogP contribution < -0.4 is 4.74 Å². The quantitative estimate of drug-likeness (QED) is 0.506. The van der Waals surface area contributed by atoms with Gasteiger partial charge in [-0.05, 0) is 42.5 Å². The van der Waals surface area contributed by atoms with Gasteiger partial charge in [-0.1, -0.05) is 0 Å². The number of aromatic nitrogens is 2. The molecule has 0 amide bonds. The fourth-order valence-corrected chi connectivity index (χ4v) is 2.74. The molecule has 0 saturated carbocycles. The topological polar surface area (TPSA) is 78.1 Å². The summed E-state index contributed by atoms with van der Waals surface area (Å²) in [6, 6.07) is 14.1. The van der Waals surface area contributed by atoms with Crippen LogP contribution in [0.3, 0.4) is 0 Å². The summed E-state index contributed by atoms with van der Waals surface area (Å²) >= 11 is 0. The van der Waals surface area contributed by atoms with Gasteiger partial charge in [-0.3, -0.25) is 4.79 Å². The smallest absolute Gasteiger partial charge is 0.225 e. The zero-order valence-corrected chi connectivity index (χ0v) is 12.4. The van der Waals surface area contributed by atoms with Crippen LogP contribution in [0.5, 0.6) is 11.5 Å². The molecule has 2 aromatic carbocycles. The molecule has 0 aliphatic rings. The molecule has 2 aromatic heterocycles. The molecule has 0 radical (unpaired) electrons. The molecule has 5 nitrogen and oxygen atoms in total. The number of hydrogen-bond donors (Lipinski definition) is 3. The first-order valence-corrected chi connectivity index (χ1v) is 7.17. The Morgan fingerprint density at radius 3 is 2.43 bits per heavy atom. The highest BCUT2D eigenvalue weighted by Crippen LogP contribution is 2.25. The summed E-state index contributed by atoms with van der Waals surface area (Å²) in [6.45, 7) is 0. The summed E-state index contributed by atoms with van der Waals surface area (Å²) in [5, 5.41) is 11.3. The van der Waals surface area contributed by atoms with Crippen molar-refractivity contribution in [3.8, 4) is 11.5 Å². The first kappa shape index (κ1) is 13.5. The van der Waals surface area contributed by atoms with Crippen LogP contribution >= 0.6 is 0 Å². The third kappa shape index (κ3) is 2.23. The predicted molar refractivity (Wildman–Crippen MR) is 88.2 cm³/mol. The lowest BCUT2D eigenvalue weighted by Crippen LogP contribution is -2.01. The number of fused-ring (bicyclic) bond motifs is 2. The van der Waals surface area contributed by atoms with E-state index in [4.69, 9.17) is 4.74 Å². The van der Waals surface area contributed by atoms with Gasteiger partial charge in [0.15, 0.2) is 0 Å². The highest BCUT2D eigenvalue weighted by Gasteiger charge is 2.15. The van der Waals surface area contributed by atoms with Gasteiger partial charge in [0.25, 0.3) is 0 Å². The van der Waals surface area contributed by atoms with Crippen molar-refractivity contribution in [1.82, 2.24) is 9.97 Å². The molecular formula is C18H14N2O3. The largest absolute Gasteiger partial charge is 0.508 e. The zero-order valence-electron chi connectivity index (χ0n) is 12.4. The van der Waals surface area contributed by atoms with Gasteiger partial charge < -0.3 is 19.8 Å². The Balaban J connectivity index is 1.77. The van der Waals surface area contributed by atoms with E-state index in [-0.39, 0.29) is 11.5 Å². The Morgan fingerprint density at radius 2 is 1.65 bits per heavy atom. The molecule has 0 fully saturated rings. The van der Waals surface area contributed by atoms with Crippen molar-refractivity contribution >= 4 is 27.6 Å². The van der Waals surface area contributed by atoms with Gasteiger partial charge in [-0.25, -0.2) is 0 Å². The fraction of sp³-hybridized carbons (Fsp3) is 0.0556. The van der Waals surface area contributed by atoms with Gasteiger partial charge in [-0.15, -0.1) is 0 Å². The second-order valence-corrected chi connectivity index (χ2v) is 5.42. The number of phenolic OH excluding ortho intramolecular Hbond substituents is 1. The standard InChI is InChI=1S/C18H14N2O3/c1-23-13-4-2-10-7-16(20-15(10)9-13)18(22)17-8-11-6-12(21)3-5-14(11)19-17/h2-9,19-21H,1H3. The van der Waals surface area contributed by atoms with Crippen LogP contribution in [0.25, 0.3) is 21.8 Å². The number of rotatable bonds is 3. The Hall–Kier alpha value is -3.21. The van der Waals surface area contributed by atoms with Crippen LogP contribution in [-0.4, -0.2) is 28.0 Å². The molecule has 0 spiro atoms. The molecule has 0 aliphatic carbocycles. The van der Waals surface area contributed by atoms with E-state index in [0.717, 1.165) is 27.6 Å². The number of H-pyrrole nitrogens is 2. The number of nitrogens with one attached hydrogen (secondary N) is 2. The van der Waals surface area contributed by atoms with Crippen LogP contribution in [0.1, 0.15) is 16.2 Å². The number of phenols is 1. The molecule has 0 unspecified atom stereocenters. The van der Waals surface area contributed by atoms with Crippen LogP contribution in [0, 0.1) is 0 Å². The molecule has 0 aliphatic heterocycles. The SMILES string of the molecule is COc1ccc2cc(C(=O)c3cc4cc(O)ccc4[nH]3)[nH]c2c1. The van der Waals surface area contributed by atoms with E-state index in [0.29, 0.717) is 11.4 Å². The minimum atomic E-state index is -0.129. The van der Waals surface area contributed by atoms with E-state index in [2.05, 4.69) is 9.97 Å². The number of carbonyl (C=O) groups is 1. The first-order valence-electron chi connectivity index (χ1n) is 7.17. The molecule has 2 heterocycles. The Labute approximate surface area is 131 Å². The van der Waals surface area contributed by atoms with Crippen LogP contribution in [0.15, 0.2) is 48.5 Å². The van der Waals surface area contributed by atoms with E-state index in [1.54, 1.807) is 31.4 Å². The van der Waals surface area contributed by atoms with Crippen molar-refractivity contribution in [3.05, 3.63) is 59.9 Å². The summed E-state index contributed by atoms with van der Waals surface area (Å²) in [7, 11) is 1.61. The van der Waals surface area contributed by atoms with Gasteiger partial charge in [0, 0.05) is 27.9 Å². The minimum absolute atomic E-state index is 0.129. The lowest BCUT2D eigenvalue weighted by molar-refractivity contribution is 0.103. The highest BCUT2D eigenvalue weighted by atomic mass is 16.5. The fourth-order valence-electron chi connectivity index (χ4n) is 2.74. The zero-order chi connectivity index (χ0) is 16.0. The second kappa shape index (κ2) is 4.91. The van der Waals surface area contributed by atoms with E-state index in [1.807, 2.05) is 24.3 Å². The van der Waals surface area contributed by atoms with Crippen molar-refractivity contribution in [2.24, 2.45) is 0 Å². The third-order valence-electron chi connectivity index (χ3n) is 3.92. The number of ketones is 1. The number of methoxy groups -OCH3 is 1. The number of benzene rings is 2. The van der Waals surface area contributed by atoms with Gasteiger partial charge in [0.1, 0.15) is 11.5 Å². The van der Waals surface area contributed by atoms with Crippen molar-refractivity contribution in [2.75, 3.05) is 7.11 Å². The second-order valence-electron chi connectivity index (χ2n) is 5.42. The average Bonchev–Trinajstić information content (AvgIpc) is 3.16. The third-order valence-corrected chi connectivity index (χ3v) is 3.92. The summed E-state index contributed by atoms with van der Waals surface area (Å²) < 4.78 is 5.19. The first-order chi connectivity index (χ1) is 11.1. The lowest BCUT2D eigenvalue weighted by atomic mass is 10.2. The monoisotopic (exact) mass is 306 g/mol. The van der Waals surface area contributed by atoms with Crippen LogP contribution in [0.4, 0.5) is 0 Å². The Kier molecular flexibility index (Phi) is 2.87. The minimum Gasteiger partial charge on any atom is -0.508 e. The molecule has 4 rings (SSSR count). The van der Waals surface area contributed by atoms with Crippen LogP contribution in [0.2, 0.25) is 0 Å². The maximum atomic E-state index is 12.7. The van der Waals surface area contributed by atoms with Gasteiger partial charge >= 0.3 is 0 Å². The number of hydrogen-bond acceptors (Lipinski definition) is 3. The molecular weight excluding hydrogens is 292 g/mol. The normalized spacial score (nSPS) is 11.2. The Morgan fingerprint density at radius 1 is 0.913 bits per heavy atom. The lowest BCUT2D eigenvalue weighted by Gasteiger charge is -1.97. The molecule has 0 saturated heterocycles. The number of aromatic hydroxyl groups is 1. The van der Waals surface area contributed by atoms with Crippen molar-refractivity contribution in [2.45, 2.75) is 0 Å². The van der Waals surface area contributed by atoms with E-state index in [1.165, 1.54) is 0 Å². The number of aromatic amines is 2. The van der Waals surface area contributed by atoms with Crippen LogP contribution in [-0.2, 0) is 0 Å². The molecule has 114 valence electrons. The van der Waals surface area contributed by atoms with E-state index >= 15 is 0 Å². The molecule has 0 atom stereocenters. The maximum absolute atomic E-state index is 12.7. The van der Waals surface area contributed by atoms with Gasteiger partial charge in [0.05, 0.1) is 18.5 Å². The molecule has 4 aromatic rings. The summed E-state index contributed by atoms with van der Waals surface area (Å²) in [5.74, 6) is 0.781. The van der Waals surface area contributed by atoms with Gasteiger partial charge in [-0.2, -0.15) is 0 Å². The van der Waals surface area contributed by atoms with E-state index < -0.39 is 0 Å². The molecule has 3 N–H and O–H groups in total. The predicted octanol–water partition coefficient (Wildman–Crippen LogP) is 3.59. The molecule has 0 bridgehead atoms.